The number of benzene rings is 3. The normalized spacial score (nSPS) is 9.87. The summed E-state index contributed by atoms with van der Waals surface area (Å²) in [6.45, 7) is 2.09. The molecule has 108 valence electrons. The molecule has 0 saturated heterocycles. The lowest BCUT2D eigenvalue weighted by Crippen LogP contribution is -1.90. The van der Waals surface area contributed by atoms with Crippen molar-refractivity contribution < 1.29 is 0 Å². The molecule has 0 bridgehead atoms. The van der Waals surface area contributed by atoms with Crippen LogP contribution in [-0.4, -0.2) is 0 Å². The van der Waals surface area contributed by atoms with Gasteiger partial charge in [-0.2, -0.15) is 10.5 Å². The molecule has 0 atom stereocenters. The van der Waals surface area contributed by atoms with Gasteiger partial charge in [-0.25, -0.2) is 0 Å². The molecule has 0 aliphatic carbocycles. The van der Waals surface area contributed by atoms with Crippen LogP contribution < -0.4 is 0 Å². The van der Waals surface area contributed by atoms with Crippen LogP contribution in [0, 0.1) is 29.6 Å². The number of hydrogen-bond acceptors (Lipinski definition) is 2. The van der Waals surface area contributed by atoms with E-state index in [4.69, 9.17) is 5.26 Å². The van der Waals surface area contributed by atoms with Crippen LogP contribution in [0.3, 0.4) is 0 Å². The Hall–Kier alpha value is -3.36. The van der Waals surface area contributed by atoms with Gasteiger partial charge in [0, 0.05) is 0 Å². The maximum Gasteiger partial charge on any atom is 0.101 e. The quantitative estimate of drug-likeness (QED) is 0.662. The lowest BCUT2D eigenvalue weighted by atomic mass is 9.91. The second-order valence-electron chi connectivity index (χ2n) is 5.34. The molecule has 0 heterocycles. The average molecular weight is 294 g/mol. The molecular formula is C21H14N2. The van der Waals surface area contributed by atoms with Crippen molar-refractivity contribution in [2.24, 2.45) is 0 Å². The highest BCUT2D eigenvalue weighted by atomic mass is 14.3. The number of nitrogens with zero attached hydrogens (tertiary/aromatic N) is 2. The molecule has 3 aromatic carbocycles. The zero-order valence-electron chi connectivity index (χ0n) is 12.7. The largest absolute Gasteiger partial charge is 0.192 e. The Morgan fingerprint density at radius 2 is 1.26 bits per heavy atom. The van der Waals surface area contributed by atoms with E-state index < -0.39 is 0 Å². The Labute approximate surface area is 135 Å². The highest BCUT2D eigenvalue weighted by molar-refractivity contribution is 5.85. The third kappa shape index (κ3) is 2.71. The van der Waals surface area contributed by atoms with Crippen molar-refractivity contribution in [3.8, 4) is 34.4 Å². The van der Waals surface area contributed by atoms with Crippen LogP contribution >= 0.6 is 0 Å². The van der Waals surface area contributed by atoms with Gasteiger partial charge in [0.25, 0.3) is 0 Å². The first-order valence-corrected chi connectivity index (χ1v) is 7.34. The monoisotopic (exact) mass is 294 g/mol. The van der Waals surface area contributed by atoms with Gasteiger partial charge >= 0.3 is 0 Å². The van der Waals surface area contributed by atoms with Crippen LogP contribution in [0.2, 0.25) is 0 Å². The molecule has 0 radical (unpaired) electrons. The molecule has 0 saturated carbocycles. The van der Waals surface area contributed by atoms with E-state index in [1.54, 1.807) is 12.1 Å². The zero-order chi connectivity index (χ0) is 16.2. The molecule has 3 rings (SSSR count). The molecule has 2 nitrogen and oxygen atoms in total. The summed E-state index contributed by atoms with van der Waals surface area (Å²) in [5.41, 5.74) is 6.32. The summed E-state index contributed by atoms with van der Waals surface area (Å²) in [5, 5.41) is 18.3. The van der Waals surface area contributed by atoms with Crippen LogP contribution in [0.1, 0.15) is 16.7 Å². The molecule has 2 heteroatoms. The van der Waals surface area contributed by atoms with Crippen molar-refractivity contribution in [3.05, 3.63) is 83.4 Å². The highest BCUT2D eigenvalue weighted by Crippen LogP contribution is 2.34. The fraction of sp³-hybridized carbons (Fsp3) is 0.0476. The van der Waals surface area contributed by atoms with Crippen molar-refractivity contribution >= 4 is 0 Å². The van der Waals surface area contributed by atoms with Gasteiger partial charge in [0.15, 0.2) is 0 Å². The third-order valence-corrected chi connectivity index (χ3v) is 3.93. The van der Waals surface area contributed by atoms with Gasteiger partial charge in [0.2, 0.25) is 0 Å². The molecule has 0 amide bonds. The minimum absolute atomic E-state index is 0.407. The minimum atomic E-state index is 0.407. The van der Waals surface area contributed by atoms with Crippen molar-refractivity contribution in [1.82, 2.24) is 0 Å². The Morgan fingerprint density at radius 3 is 1.91 bits per heavy atom. The molecule has 0 aliphatic heterocycles. The predicted molar refractivity (Wildman–Crippen MR) is 91.5 cm³/mol. The van der Waals surface area contributed by atoms with Crippen LogP contribution in [0.25, 0.3) is 22.3 Å². The molecule has 23 heavy (non-hydrogen) atoms. The number of aryl methyl sites for hydroxylation is 1. The van der Waals surface area contributed by atoms with Gasteiger partial charge in [0.1, 0.15) is 12.1 Å². The van der Waals surface area contributed by atoms with Gasteiger partial charge in [-0.05, 0) is 46.9 Å². The van der Waals surface area contributed by atoms with Crippen LogP contribution in [0.15, 0.2) is 66.7 Å². The Balaban J connectivity index is 2.22. The fourth-order valence-corrected chi connectivity index (χ4v) is 2.75. The molecule has 0 unspecified atom stereocenters. The number of hydrogen-bond donors (Lipinski definition) is 0. The van der Waals surface area contributed by atoms with E-state index >= 15 is 0 Å². The first-order valence-electron chi connectivity index (χ1n) is 7.34. The van der Waals surface area contributed by atoms with Crippen LogP contribution in [-0.2, 0) is 0 Å². The summed E-state index contributed by atoms with van der Waals surface area (Å²) in [6, 6.07) is 25.9. The summed E-state index contributed by atoms with van der Waals surface area (Å²) >= 11 is 0. The van der Waals surface area contributed by atoms with E-state index in [2.05, 4.69) is 37.3 Å². The maximum atomic E-state index is 9.25. The first-order chi connectivity index (χ1) is 11.2. The summed E-state index contributed by atoms with van der Waals surface area (Å²) in [6.07, 6.45) is 0. The maximum absolute atomic E-state index is 9.25. The van der Waals surface area contributed by atoms with Crippen LogP contribution in [0.5, 0.6) is 0 Å². The Bertz CT molecular complexity index is 956. The van der Waals surface area contributed by atoms with E-state index in [9.17, 15) is 5.26 Å². The van der Waals surface area contributed by atoms with Crippen LogP contribution in [0.4, 0.5) is 0 Å². The topological polar surface area (TPSA) is 47.6 Å². The fourth-order valence-electron chi connectivity index (χ4n) is 2.75. The van der Waals surface area contributed by atoms with Crippen molar-refractivity contribution in [3.63, 3.8) is 0 Å². The Morgan fingerprint density at radius 1 is 0.652 bits per heavy atom. The molecule has 0 aromatic heterocycles. The molecule has 3 aromatic rings. The summed E-state index contributed by atoms with van der Waals surface area (Å²) in [5.74, 6) is 0. The number of rotatable bonds is 2. The Kier molecular flexibility index (Phi) is 3.91. The molecule has 0 fully saturated rings. The summed E-state index contributed by atoms with van der Waals surface area (Å²) < 4.78 is 0. The van der Waals surface area contributed by atoms with Gasteiger partial charge in [-0.3, -0.25) is 0 Å². The smallest absolute Gasteiger partial charge is 0.101 e. The SMILES string of the molecule is Cc1ccccc1-c1ccccc1-c1ccc(C#N)c(C#N)c1. The van der Waals surface area contributed by atoms with E-state index in [1.807, 2.05) is 36.4 Å². The number of nitriles is 2. The molecule has 0 aliphatic rings. The van der Waals surface area contributed by atoms with Gasteiger partial charge in [-0.1, -0.05) is 54.6 Å². The van der Waals surface area contributed by atoms with Crippen molar-refractivity contribution in [2.75, 3.05) is 0 Å². The summed E-state index contributed by atoms with van der Waals surface area (Å²) in [7, 11) is 0. The molecule has 0 N–H and O–H groups in total. The predicted octanol–water partition coefficient (Wildman–Crippen LogP) is 5.07. The van der Waals surface area contributed by atoms with Gasteiger partial charge < -0.3 is 0 Å². The van der Waals surface area contributed by atoms with E-state index in [1.165, 1.54) is 11.1 Å². The average Bonchev–Trinajstić information content (AvgIpc) is 2.61. The molecular weight excluding hydrogens is 280 g/mol. The third-order valence-electron chi connectivity index (χ3n) is 3.93. The van der Waals surface area contributed by atoms with E-state index in [0.29, 0.717) is 11.1 Å². The second kappa shape index (κ2) is 6.18. The minimum Gasteiger partial charge on any atom is -0.192 e. The summed E-state index contributed by atoms with van der Waals surface area (Å²) in [4.78, 5) is 0. The second-order valence-corrected chi connectivity index (χ2v) is 5.34. The van der Waals surface area contributed by atoms with Crippen molar-refractivity contribution in [1.29, 1.82) is 10.5 Å². The van der Waals surface area contributed by atoms with Crippen molar-refractivity contribution in [2.45, 2.75) is 6.92 Å². The first kappa shape index (κ1) is 14.6. The standard InChI is InChI=1S/C21H14N2/c1-15-6-2-3-7-19(15)21-9-5-4-8-20(21)16-10-11-17(13-22)18(12-16)14-23/h2-12H,1H3. The van der Waals surface area contributed by atoms with Gasteiger partial charge in [0.05, 0.1) is 11.1 Å². The van der Waals surface area contributed by atoms with E-state index in [-0.39, 0.29) is 0 Å². The highest BCUT2D eigenvalue weighted by Gasteiger charge is 2.10. The van der Waals surface area contributed by atoms with Gasteiger partial charge in [-0.15, -0.1) is 0 Å². The van der Waals surface area contributed by atoms with E-state index in [0.717, 1.165) is 16.7 Å². The molecule has 0 spiro atoms. The lowest BCUT2D eigenvalue weighted by molar-refractivity contribution is 1.42. The lowest BCUT2D eigenvalue weighted by Gasteiger charge is -2.12. The zero-order valence-corrected chi connectivity index (χ0v) is 12.7.